The van der Waals surface area contributed by atoms with Crippen molar-refractivity contribution in [3.8, 4) is 5.75 Å². The van der Waals surface area contributed by atoms with Gasteiger partial charge in [-0.2, -0.15) is 0 Å². The first kappa shape index (κ1) is 20.1. The summed E-state index contributed by atoms with van der Waals surface area (Å²) >= 11 is 0. The minimum absolute atomic E-state index is 0.0955. The van der Waals surface area contributed by atoms with E-state index >= 15 is 0 Å². The molecule has 0 spiro atoms. The lowest BCUT2D eigenvalue weighted by atomic mass is 10.1. The van der Waals surface area contributed by atoms with Gasteiger partial charge in [-0.15, -0.1) is 0 Å². The van der Waals surface area contributed by atoms with E-state index in [1.807, 2.05) is 66.4 Å². The second-order valence-corrected chi connectivity index (χ2v) is 6.72. The molecule has 8 heteroatoms. The second kappa shape index (κ2) is 8.66. The van der Waals surface area contributed by atoms with E-state index in [1.165, 1.54) is 6.33 Å². The number of nitrogens with zero attached hydrogens (tertiary/aromatic N) is 4. The van der Waals surface area contributed by atoms with Gasteiger partial charge in [-0.05, 0) is 30.5 Å². The molecule has 0 aliphatic rings. The molecular weight excluding hydrogens is 394 g/mol. The second-order valence-electron chi connectivity index (χ2n) is 6.72. The van der Waals surface area contributed by atoms with Crippen molar-refractivity contribution in [2.75, 3.05) is 23.9 Å². The molecule has 0 unspecified atom stereocenters. The molecule has 0 saturated carbocycles. The molecule has 0 radical (unpaired) electrons. The fourth-order valence-electron chi connectivity index (χ4n) is 3.58. The molecule has 4 rings (SSSR count). The number of fused-ring (bicyclic) bond motifs is 1. The molecule has 0 aliphatic heterocycles. The van der Waals surface area contributed by atoms with Crippen LogP contribution < -0.4 is 15.0 Å². The number of hydrogen-bond acceptors (Lipinski definition) is 7. The quantitative estimate of drug-likeness (QED) is 0.317. The number of rotatable bonds is 7. The fraction of sp³-hybridized carbons (Fsp3) is 0.130. The Kier molecular flexibility index (Phi) is 5.61. The van der Waals surface area contributed by atoms with Crippen LogP contribution in [0, 0.1) is 10.1 Å². The van der Waals surface area contributed by atoms with E-state index in [-0.39, 0.29) is 17.3 Å². The van der Waals surface area contributed by atoms with Gasteiger partial charge in [0, 0.05) is 11.9 Å². The molecule has 0 bridgehead atoms. The van der Waals surface area contributed by atoms with Gasteiger partial charge in [-0.1, -0.05) is 48.5 Å². The lowest BCUT2D eigenvalue weighted by molar-refractivity contribution is -0.383. The molecule has 156 valence electrons. The van der Waals surface area contributed by atoms with Crippen LogP contribution in [0.3, 0.4) is 0 Å². The maximum absolute atomic E-state index is 12.1. The van der Waals surface area contributed by atoms with Crippen LogP contribution in [0.5, 0.6) is 5.75 Å². The Morgan fingerprint density at radius 3 is 2.55 bits per heavy atom. The minimum Gasteiger partial charge on any atom is -0.495 e. The summed E-state index contributed by atoms with van der Waals surface area (Å²) in [7, 11) is 1.54. The third-order valence-corrected chi connectivity index (χ3v) is 4.97. The van der Waals surface area contributed by atoms with E-state index < -0.39 is 4.92 Å². The van der Waals surface area contributed by atoms with Crippen LogP contribution in [0.15, 0.2) is 73.1 Å². The van der Waals surface area contributed by atoms with Crippen molar-refractivity contribution >= 4 is 39.5 Å². The number of nitrogens with one attached hydrogen (secondary N) is 1. The zero-order valence-corrected chi connectivity index (χ0v) is 17.1. The van der Waals surface area contributed by atoms with Gasteiger partial charge in [-0.25, -0.2) is 9.97 Å². The predicted octanol–water partition coefficient (Wildman–Crippen LogP) is 5.45. The van der Waals surface area contributed by atoms with Crippen molar-refractivity contribution in [1.82, 2.24) is 9.97 Å². The number of anilines is 4. The van der Waals surface area contributed by atoms with Crippen LogP contribution in [0.1, 0.15) is 6.92 Å². The van der Waals surface area contributed by atoms with Gasteiger partial charge >= 0.3 is 5.69 Å². The topological polar surface area (TPSA) is 93.4 Å². The molecule has 0 saturated heterocycles. The highest BCUT2D eigenvalue weighted by Crippen LogP contribution is 2.40. The fourth-order valence-corrected chi connectivity index (χ4v) is 3.58. The molecular formula is C23H21N5O3. The largest absolute Gasteiger partial charge is 0.495 e. The number of hydrogen-bond donors (Lipinski definition) is 1. The van der Waals surface area contributed by atoms with E-state index in [4.69, 9.17) is 4.74 Å². The Morgan fingerprint density at radius 1 is 1.03 bits per heavy atom. The number of ether oxygens (including phenoxy) is 1. The smallest absolute Gasteiger partial charge is 0.354 e. The Balaban J connectivity index is 1.86. The normalized spacial score (nSPS) is 10.6. The Hall–Kier alpha value is -4.20. The molecule has 0 aliphatic carbocycles. The standard InChI is InChI=1S/C23H21N5O3/c1-3-27(19-13-8-10-16-9-4-5-11-17(16)19)23-21(28(29)30)22(24-15-25-23)26-18-12-6-7-14-20(18)31-2/h4-15H,3H2,1-2H3,(H,24,25,26). The maximum atomic E-state index is 12.1. The van der Waals surface area contributed by atoms with Gasteiger partial charge < -0.3 is 15.0 Å². The molecule has 1 N–H and O–H groups in total. The number of methoxy groups -OCH3 is 1. The maximum Gasteiger partial charge on any atom is 0.354 e. The van der Waals surface area contributed by atoms with Gasteiger partial charge in [0.25, 0.3) is 0 Å². The van der Waals surface area contributed by atoms with Crippen molar-refractivity contribution in [2.24, 2.45) is 0 Å². The third-order valence-electron chi connectivity index (χ3n) is 4.97. The molecule has 1 heterocycles. The van der Waals surface area contributed by atoms with Gasteiger partial charge in [0.05, 0.1) is 23.4 Å². The highest BCUT2D eigenvalue weighted by molar-refractivity contribution is 5.97. The number of nitro groups is 1. The van der Waals surface area contributed by atoms with Crippen LogP contribution in [-0.4, -0.2) is 28.5 Å². The van der Waals surface area contributed by atoms with Crippen molar-refractivity contribution < 1.29 is 9.66 Å². The van der Waals surface area contributed by atoms with Crippen molar-refractivity contribution in [3.63, 3.8) is 0 Å². The SMILES string of the molecule is CCN(c1ncnc(Nc2ccccc2OC)c1[N+](=O)[O-])c1cccc2ccccc12. The summed E-state index contributed by atoms with van der Waals surface area (Å²) in [5, 5.41) is 17.2. The number of benzene rings is 3. The highest BCUT2D eigenvalue weighted by atomic mass is 16.6. The Bertz CT molecular complexity index is 1240. The summed E-state index contributed by atoms with van der Waals surface area (Å²) in [6.07, 6.45) is 1.33. The summed E-state index contributed by atoms with van der Waals surface area (Å²) in [4.78, 5) is 22.0. The molecule has 31 heavy (non-hydrogen) atoms. The Labute approximate surface area is 179 Å². The summed E-state index contributed by atoms with van der Waals surface area (Å²) < 4.78 is 5.35. The predicted molar refractivity (Wildman–Crippen MR) is 122 cm³/mol. The monoisotopic (exact) mass is 415 g/mol. The minimum atomic E-state index is -0.457. The van der Waals surface area contributed by atoms with Gasteiger partial charge in [0.15, 0.2) is 0 Å². The van der Waals surface area contributed by atoms with E-state index in [1.54, 1.807) is 19.2 Å². The number of aromatic nitrogens is 2. The summed E-state index contributed by atoms with van der Waals surface area (Å²) in [6, 6.07) is 21.0. The molecule has 4 aromatic rings. The van der Waals surface area contributed by atoms with E-state index in [0.29, 0.717) is 18.0 Å². The van der Waals surface area contributed by atoms with Crippen LogP contribution in [0.2, 0.25) is 0 Å². The lowest BCUT2D eigenvalue weighted by Crippen LogP contribution is -2.20. The summed E-state index contributed by atoms with van der Waals surface area (Å²) in [5.74, 6) is 0.868. The molecule has 0 amide bonds. The molecule has 3 aromatic carbocycles. The lowest BCUT2D eigenvalue weighted by Gasteiger charge is -2.24. The Morgan fingerprint density at radius 2 is 1.77 bits per heavy atom. The van der Waals surface area contributed by atoms with Crippen molar-refractivity contribution in [3.05, 3.63) is 83.2 Å². The van der Waals surface area contributed by atoms with Crippen LogP contribution in [-0.2, 0) is 0 Å². The number of para-hydroxylation sites is 2. The molecule has 8 nitrogen and oxygen atoms in total. The van der Waals surface area contributed by atoms with Crippen LogP contribution >= 0.6 is 0 Å². The zero-order chi connectivity index (χ0) is 21.8. The van der Waals surface area contributed by atoms with E-state index in [9.17, 15) is 10.1 Å². The summed E-state index contributed by atoms with van der Waals surface area (Å²) in [6.45, 7) is 2.42. The van der Waals surface area contributed by atoms with E-state index in [0.717, 1.165) is 16.5 Å². The van der Waals surface area contributed by atoms with Crippen molar-refractivity contribution in [1.29, 1.82) is 0 Å². The third kappa shape index (κ3) is 3.83. The average Bonchev–Trinajstić information content (AvgIpc) is 2.80. The zero-order valence-electron chi connectivity index (χ0n) is 17.1. The van der Waals surface area contributed by atoms with Gasteiger partial charge in [0.1, 0.15) is 12.1 Å². The summed E-state index contributed by atoms with van der Waals surface area (Å²) in [5.41, 5.74) is 1.21. The first-order valence-electron chi connectivity index (χ1n) is 9.78. The van der Waals surface area contributed by atoms with Crippen LogP contribution in [0.4, 0.5) is 28.7 Å². The van der Waals surface area contributed by atoms with Gasteiger partial charge in [-0.3, -0.25) is 10.1 Å². The average molecular weight is 415 g/mol. The molecule has 0 atom stereocenters. The molecule has 1 aromatic heterocycles. The highest BCUT2D eigenvalue weighted by Gasteiger charge is 2.28. The first-order chi connectivity index (χ1) is 15.1. The van der Waals surface area contributed by atoms with Gasteiger partial charge in [0.2, 0.25) is 11.6 Å². The molecule has 0 fully saturated rings. The first-order valence-corrected chi connectivity index (χ1v) is 9.78. The van der Waals surface area contributed by atoms with E-state index in [2.05, 4.69) is 15.3 Å². The van der Waals surface area contributed by atoms with Crippen molar-refractivity contribution in [2.45, 2.75) is 6.92 Å². The van der Waals surface area contributed by atoms with Crippen LogP contribution in [0.25, 0.3) is 10.8 Å².